The highest BCUT2D eigenvalue weighted by molar-refractivity contribution is 7.17. The van der Waals surface area contributed by atoms with Crippen molar-refractivity contribution in [2.24, 2.45) is 0 Å². The Bertz CT molecular complexity index is 973. The molecule has 2 fully saturated rings. The van der Waals surface area contributed by atoms with E-state index < -0.39 is 0 Å². The first-order chi connectivity index (χ1) is 15.8. The van der Waals surface area contributed by atoms with Gasteiger partial charge < -0.3 is 20.9 Å². The summed E-state index contributed by atoms with van der Waals surface area (Å²) in [5, 5.41) is 10.1. The second kappa shape index (κ2) is 10.1. The van der Waals surface area contributed by atoms with Gasteiger partial charge in [0.15, 0.2) is 10.9 Å². The summed E-state index contributed by atoms with van der Waals surface area (Å²) in [6.07, 6.45) is 10.0. The normalized spacial score (nSPS) is 19.8. The van der Waals surface area contributed by atoms with Crippen LogP contribution in [0, 0.1) is 0 Å². The molecule has 2 aromatic heterocycles. The number of hydrogen-bond donors (Lipinski definition) is 3. The van der Waals surface area contributed by atoms with E-state index >= 15 is 0 Å². The standard InChI is InChI=1S/C23H33N7O2S/c1-23(2,3)29-20(31)18-13-26-22(33-18)28-19-14-24-12-17(27-19)15-7-10-30(11-8-15)21(32)16-6-4-5-9-25-16/h12-16,25H,4-11H2,1-3H3,(H,29,31)(H,26,27,28)/t16-/m0/s1. The molecule has 2 aromatic rings. The Labute approximate surface area is 198 Å². The van der Waals surface area contributed by atoms with E-state index in [9.17, 15) is 9.59 Å². The van der Waals surface area contributed by atoms with Crippen molar-refractivity contribution < 1.29 is 9.59 Å². The predicted octanol–water partition coefficient (Wildman–Crippen LogP) is 3.05. The van der Waals surface area contributed by atoms with Gasteiger partial charge in [0.1, 0.15) is 4.88 Å². The summed E-state index contributed by atoms with van der Waals surface area (Å²) in [7, 11) is 0. The number of thiazole rings is 1. The van der Waals surface area contributed by atoms with E-state index in [2.05, 4.69) is 25.9 Å². The molecule has 0 unspecified atom stereocenters. The molecule has 2 aliphatic rings. The average molecular weight is 472 g/mol. The van der Waals surface area contributed by atoms with Crippen LogP contribution in [0.2, 0.25) is 0 Å². The maximum absolute atomic E-state index is 12.8. The highest BCUT2D eigenvalue weighted by Gasteiger charge is 2.30. The molecule has 0 aromatic carbocycles. The molecular formula is C23H33N7O2S. The SMILES string of the molecule is CC(C)(C)NC(=O)c1cnc(Nc2cncc(C3CCN(C(=O)[C@@H]4CCCCN4)CC3)n2)s1. The highest BCUT2D eigenvalue weighted by Crippen LogP contribution is 2.29. The van der Waals surface area contributed by atoms with Crippen molar-refractivity contribution >= 4 is 34.1 Å². The van der Waals surface area contributed by atoms with Crippen LogP contribution in [0.25, 0.3) is 0 Å². The van der Waals surface area contributed by atoms with E-state index in [1.54, 1.807) is 18.6 Å². The van der Waals surface area contributed by atoms with Gasteiger partial charge in [0.25, 0.3) is 5.91 Å². The lowest BCUT2D eigenvalue weighted by Crippen LogP contribution is -2.50. The fourth-order valence-corrected chi connectivity index (χ4v) is 4.98. The molecule has 0 saturated carbocycles. The molecule has 0 radical (unpaired) electrons. The van der Waals surface area contributed by atoms with Crippen molar-refractivity contribution in [3.8, 4) is 0 Å². The molecule has 33 heavy (non-hydrogen) atoms. The number of likely N-dealkylation sites (tertiary alicyclic amines) is 1. The zero-order valence-corrected chi connectivity index (χ0v) is 20.4. The summed E-state index contributed by atoms with van der Waals surface area (Å²) in [5.41, 5.74) is 0.617. The van der Waals surface area contributed by atoms with Gasteiger partial charge in [-0.15, -0.1) is 0 Å². The number of aromatic nitrogens is 3. The van der Waals surface area contributed by atoms with E-state index in [-0.39, 0.29) is 29.3 Å². The third kappa shape index (κ3) is 6.26. The van der Waals surface area contributed by atoms with Crippen LogP contribution < -0.4 is 16.0 Å². The molecule has 2 aliphatic heterocycles. The zero-order chi connectivity index (χ0) is 23.4. The quantitative estimate of drug-likeness (QED) is 0.614. The number of rotatable bonds is 5. The molecule has 3 N–H and O–H groups in total. The molecule has 9 nitrogen and oxygen atoms in total. The molecule has 1 atom stereocenters. The molecule has 0 spiro atoms. The van der Waals surface area contributed by atoms with Crippen molar-refractivity contribution in [1.82, 2.24) is 30.5 Å². The van der Waals surface area contributed by atoms with Gasteiger partial charge in [0.05, 0.1) is 24.1 Å². The average Bonchev–Trinajstić information content (AvgIpc) is 3.27. The molecule has 0 bridgehead atoms. The van der Waals surface area contributed by atoms with Crippen LogP contribution in [0.1, 0.15) is 74.2 Å². The van der Waals surface area contributed by atoms with E-state index in [0.29, 0.717) is 15.8 Å². The van der Waals surface area contributed by atoms with Crippen LogP contribution in [0.5, 0.6) is 0 Å². The molecule has 178 valence electrons. The summed E-state index contributed by atoms with van der Waals surface area (Å²) < 4.78 is 0. The summed E-state index contributed by atoms with van der Waals surface area (Å²) in [4.78, 5) is 41.0. The number of hydrogen-bond acceptors (Lipinski definition) is 8. The number of anilines is 2. The lowest BCUT2D eigenvalue weighted by Gasteiger charge is -2.35. The number of nitrogens with zero attached hydrogens (tertiary/aromatic N) is 4. The second-order valence-corrected chi connectivity index (χ2v) is 10.8. The fourth-order valence-electron chi connectivity index (χ4n) is 4.27. The summed E-state index contributed by atoms with van der Waals surface area (Å²) in [6, 6.07) is -0.0173. The Morgan fingerprint density at radius 2 is 1.91 bits per heavy atom. The molecule has 4 heterocycles. The third-order valence-electron chi connectivity index (χ3n) is 5.94. The van der Waals surface area contributed by atoms with Gasteiger partial charge in [-0.1, -0.05) is 17.8 Å². The van der Waals surface area contributed by atoms with Gasteiger partial charge in [-0.3, -0.25) is 14.6 Å². The van der Waals surface area contributed by atoms with Gasteiger partial charge >= 0.3 is 0 Å². The minimum atomic E-state index is -0.304. The topological polar surface area (TPSA) is 112 Å². The van der Waals surface area contributed by atoms with Gasteiger partial charge in [-0.2, -0.15) is 0 Å². The number of amides is 2. The van der Waals surface area contributed by atoms with Crippen LogP contribution >= 0.6 is 11.3 Å². The minimum Gasteiger partial charge on any atom is -0.347 e. The first-order valence-corrected chi connectivity index (χ1v) is 12.5. The number of piperidine rings is 2. The van der Waals surface area contributed by atoms with E-state index in [1.807, 2.05) is 25.7 Å². The number of carbonyl (C=O) groups is 2. The van der Waals surface area contributed by atoms with Gasteiger partial charge in [-0.25, -0.2) is 9.97 Å². The molecule has 10 heteroatoms. The molecule has 2 amide bonds. The maximum Gasteiger partial charge on any atom is 0.263 e. The third-order valence-corrected chi connectivity index (χ3v) is 6.85. The van der Waals surface area contributed by atoms with Gasteiger partial charge in [0.2, 0.25) is 5.91 Å². The summed E-state index contributed by atoms with van der Waals surface area (Å²) >= 11 is 1.28. The molecular weight excluding hydrogens is 438 g/mol. The Balaban J connectivity index is 1.33. The smallest absolute Gasteiger partial charge is 0.263 e. The highest BCUT2D eigenvalue weighted by atomic mass is 32.1. The van der Waals surface area contributed by atoms with E-state index in [4.69, 9.17) is 4.98 Å². The summed E-state index contributed by atoms with van der Waals surface area (Å²) in [6.45, 7) is 8.27. The van der Waals surface area contributed by atoms with Crippen molar-refractivity contribution in [3.63, 3.8) is 0 Å². The van der Waals surface area contributed by atoms with Gasteiger partial charge in [0, 0.05) is 30.7 Å². The van der Waals surface area contributed by atoms with Gasteiger partial charge in [-0.05, 0) is 53.0 Å². The van der Waals surface area contributed by atoms with Crippen LogP contribution in [0.4, 0.5) is 10.9 Å². The van der Waals surface area contributed by atoms with Crippen molar-refractivity contribution in [2.75, 3.05) is 25.0 Å². The Morgan fingerprint density at radius 1 is 1.12 bits per heavy atom. The lowest BCUT2D eigenvalue weighted by molar-refractivity contribution is -0.135. The second-order valence-electron chi connectivity index (χ2n) is 9.79. The molecule has 4 rings (SSSR count). The first-order valence-electron chi connectivity index (χ1n) is 11.7. The van der Waals surface area contributed by atoms with E-state index in [1.165, 1.54) is 11.3 Å². The van der Waals surface area contributed by atoms with Crippen LogP contribution in [0.3, 0.4) is 0 Å². The lowest BCUT2D eigenvalue weighted by atomic mass is 9.93. The first kappa shape index (κ1) is 23.6. The Kier molecular flexibility index (Phi) is 7.23. The monoisotopic (exact) mass is 471 g/mol. The van der Waals surface area contributed by atoms with Crippen molar-refractivity contribution in [2.45, 2.75) is 70.4 Å². The molecule has 0 aliphatic carbocycles. The maximum atomic E-state index is 12.8. The molecule has 2 saturated heterocycles. The van der Waals surface area contributed by atoms with E-state index in [0.717, 1.165) is 57.4 Å². The van der Waals surface area contributed by atoms with Crippen molar-refractivity contribution in [1.29, 1.82) is 0 Å². The minimum absolute atomic E-state index is 0.0173. The number of carbonyl (C=O) groups excluding carboxylic acids is 2. The summed E-state index contributed by atoms with van der Waals surface area (Å²) in [5.74, 6) is 0.976. The van der Waals surface area contributed by atoms with Crippen LogP contribution in [-0.4, -0.2) is 62.9 Å². The van der Waals surface area contributed by atoms with Crippen LogP contribution in [-0.2, 0) is 4.79 Å². The largest absolute Gasteiger partial charge is 0.347 e. The van der Waals surface area contributed by atoms with Crippen LogP contribution in [0.15, 0.2) is 18.6 Å². The Hall–Kier alpha value is -2.59. The van der Waals surface area contributed by atoms with Crippen molar-refractivity contribution in [3.05, 3.63) is 29.2 Å². The number of nitrogens with one attached hydrogen (secondary N) is 3. The fraction of sp³-hybridized carbons (Fsp3) is 0.609. The Morgan fingerprint density at radius 3 is 2.61 bits per heavy atom. The zero-order valence-electron chi connectivity index (χ0n) is 19.6. The predicted molar refractivity (Wildman–Crippen MR) is 129 cm³/mol.